The molecule has 1 heterocycles. The van der Waals surface area contributed by atoms with Crippen molar-refractivity contribution in [1.82, 2.24) is 10.2 Å². The molecular formula is C18H28N2. The number of nitrogens with one attached hydrogen (secondary N) is 1. The van der Waals surface area contributed by atoms with Gasteiger partial charge in [0.1, 0.15) is 0 Å². The largest absolute Gasteiger partial charge is 0.311 e. The molecular weight excluding hydrogens is 244 g/mol. The van der Waals surface area contributed by atoms with E-state index in [4.69, 9.17) is 0 Å². The van der Waals surface area contributed by atoms with Crippen LogP contribution in [0.2, 0.25) is 0 Å². The summed E-state index contributed by atoms with van der Waals surface area (Å²) in [5.41, 5.74) is 1.48. The summed E-state index contributed by atoms with van der Waals surface area (Å²) < 4.78 is 0. The molecule has 0 aromatic heterocycles. The predicted octanol–water partition coefficient (Wildman–Crippen LogP) is 3.08. The molecule has 1 aliphatic heterocycles. The zero-order chi connectivity index (χ0) is 13.8. The van der Waals surface area contributed by atoms with Gasteiger partial charge in [-0.15, -0.1) is 0 Å². The highest BCUT2D eigenvalue weighted by atomic mass is 15.2. The van der Waals surface area contributed by atoms with E-state index in [-0.39, 0.29) is 0 Å². The van der Waals surface area contributed by atoms with Crippen LogP contribution in [0.1, 0.15) is 38.2 Å². The highest BCUT2D eigenvalue weighted by Gasteiger charge is 2.32. The molecule has 2 unspecified atom stereocenters. The van der Waals surface area contributed by atoms with Crippen LogP contribution in [0.4, 0.5) is 0 Å². The molecule has 20 heavy (non-hydrogen) atoms. The van der Waals surface area contributed by atoms with E-state index in [1.165, 1.54) is 50.8 Å². The van der Waals surface area contributed by atoms with Crippen molar-refractivity contribution < 1.29 is 0 Å². The van der Waals surface area contributed by atoms with E-state index in [9.17, 15) is 0 Å². The summed E-state index contributed by atoms with van der Waals surface area (Å²) in [5, 5.41) is 3.77. The van der Waals surface area contributed by atoms with Gasteiger partial charge >= 0.3 is 0 Å². The molecule has 1 aromatic carbocycles. The van der Waals surface area contributed by atoms with Crippen molar-refractivity contribution in [3.05, 3.63) is 35.9 Å². The van der Waals surface area contributed by atoms with Crippen LogP contribution in [0, 0.1) is 5.92 Å². The number of nitrogens with zero attached hydrogens (tertiary/aromatic N) is 1. The Kier molecular flexibility index (Phi) is 4.74. The van der Waals surface area contributed by atoms with Gasteiger partial charge in [-0.1, -0.05) is 43.7 Å². The molecule has 1 aromatic rings. The van der Waals surface area contributed by atoms with Gasteiger partial charge < -0.3 is 5.32 Å². The van der Waals surface area contributed by atoms with Crippen LogP contribution < -0.4 is 5.32 Å². The van der Waals surface area contributed by atoms with E-state index in [0.717, 1.165) is 12.5 Å². The van der Waals surface area contributed by atoms with Crippen molar-refractivity contribution in [2.45, 2.75) is 51.1 Å². The molecule has 0 amide bonds. The maximum atomic E-state index is 3.77. The van der Waals surface area contributed by atoms with E-state index in [0.29, 0.717) is 12.1 Å². The smallest absolute Gasteiger partial charge is 0.0261 e. The molecule has 0 radical (unpaired) electrons. The number of piperazine rings is 1. The molecule has 2 nitrogen and oxygen atoms in total. The van der Waals surface area contributed by atoms with Crippen LogP contribution in [-0.2, 0) is 6.42 Å². The average Bonchev–Trinajstić information content (AvgIpc) is 3.27. The van der Waals surface area contributed by atoms with Gasteiger partial charge in [0.2, 0.25) is 0 Å². The first-order valence-corrected chi connectivity index (χ1v) is 8.36. The Morgan fingerprint density at radius 1 is 1.20 bits per heavy atom. The predicted molar refractivity (Wildman–Crippen MR) is 84.9 cm³/mol. The Bertz CT molecular complexity index is 399. The fraction of sp³-hybridized carbons (Fsp3) is 0.667. The molecule has 1 N–H and O–H groups in total. The van der Waals surface area contributed by atoms with E-state index in [2.05, 4.69) is 47.5 Å². The number of rotatable bonds is 6. The minimum absolute atomic E-state index is 0.686. The molecule has 2 aliphatic rings. The van der Waals surface area contributed by atoms with E-state index in [1.807, 2.05) is 0 Å². The zero-order valence-corrected chi connectivity index (χ0v) is 12.7. The first-order chi connectivity index (χ1) is 9.85. The quantitative estimate of drug-likeness (QED) is 0.856. The number of hydrogen-bond acceptors (Lipinski definition) is 2. The monoisotopic (exact) mass is 272 g/mol. The van der Waals surface area contributed by atoms with Crippen LogP contribution in [0.3, 0.4) is 0 Å². The lowest BCUT2D eigenvalue weighted by atomic mass is 9.99. The molecule has 1 saturated heterocycles. The third-order valence-electron chi connectivity index (χ3n) is 4.75. The second kappa shape index (κ2) is 6.73. The summed E-state index contributed by atoms with van der Waals surface area (Å²) in [6.45, 7) is 6.04. The summed E-state index contributed by atoms with van der Waals surface area (Å²) in [7, 11) is 0. The fourth-order valence-electron chi connectivity index (χ4n) is 3.41. The number of hydrogen-bond donors (Lipinski definition) is 1. The molecule has 2 fully saturated rings. The third-order valence-corrected chi connectivity index (χ3v) is 4.75. The first-order valence-electron chi connectivity index (χ1n) is 8.36. The summed E-state index contributed by atoms with van der Waals surface area (Å²) in [5.74, 6) is 0.994. The van der Waals surface area contributed by atoms with E-state index < -0.39 is 0 Å². The van der Waals surface area contributed by atoms with Gasteiger partial charge in [0.25, 0.3) is 0 Å². The summed E-state index contributed by atoms with van der Waals surface area (Å²) in [6.07, 6.45) is 6.72. The van der Waals surface area contributed by atoms with Crippen LogP contribution >= 0.6 is 0 Å². The molecule has 2 heteroatoms. The zero-order valence-electron chi connectivity index (χ0n) is 12.7. The van der Waals surface area contributed by atoms with E-state index in [1.54, 1.807) is 0 Å². The molecule has 110 valence electrons. The molecule has 0 bridgehead atoms. The Morgan fingerprint density at radius 2 is 2.00 bits per heavy atom. The Labute approximate surface area is 123 Å². The SMILES string of the molecule is CCCC1CN(CC2CC2)C(Cc2ccccc2)CN1. The van der Waals surface area contributed by atoms with Gasteiger partial charge in [0.15, 0.2) is 0 Å². The first kappa shape index (κ1) is 14.1. The van der Waals surface area contributed by atoms with Crippen molar-refractivity contribution in [1.29, 1.82) is 0 Å². The van der Waals surface area contributed by atoms with Crippen molar-refractivity contribution in [2.24, 2.45) is 5.92 Å². The standard InChI is InChI=1S/C18H28N2/c1-2-6-17-14-20(13-16-9-10-16)18(12-19-17)11-15-7-4-3-5-8-15/h3-5,7-8,16-19H,2,6,9-14H2,1H3. The van der Waals surface area contributed by atoms with Gasteiger partial charge in [-0.05, 0) is 37.2 Å². The summed E-state index contributed by atoms with van der Waals surface area (Å²) in [4.78, 5) is 2.78. The fourth-order valence-corrected chi connectivity index (χ4v) is 3.41. The maximum absolute atomic E-state index is 3.77. The third kappa shape index (κ3) is 3.83. The Morgan fingerprint density at radius 3 is 2.70 bits per heavy atom. The van der Waals surface area contributed by atoms with Crippen molar-refractivity contribution in [2.75, 3.05) is 19.6 Å². The molecule has 1 aliphatic carbocycles. The van der Waals surface area contributed by atoms with Gasteiger partial charge in [0.05, 0.1) is 0 Å². The Balaban J connectivity index is 1.61. The highest BCUT2D eigenvalue weighted by molar-refractivity contribution is 5.16. The second-order valence-electron chi connectivity index (χ2n) is 6.63. The minimum Gasteiger partial charge on any atom is -0.311 e. The molecule has 2 atom stereocenters. The van der Waals surface area contributed by atoms with Crippen molar-refractivity contribution >= 4 is 0 Å². The maximum Gasteiger partial charge on any atom is 0.0261 e. The van der Waals surface area contributed by atoms with Crippen LogP contribution in [0.25, 0.3) is 0 Å². The lowest BCUT2D eigenvalue weighted by Gasteiger charge is -2.41. The van der Waals surface area contributed by atoms with Gasteiger partial charge in [-0.25, -0.2) is 0 Å². The number of benzene rings is 1. The van der Waals surface area contributed by atoms with Crippen molar-refractivity contribution in [3.8, 4) is 0 Å². The normalized spacial score (nSPS) is 27.6. The molecule has 1 saturated carbocycles. The average molecular weight is 272 g/mol. The van der Waals surface area contributed by atoms with Gasteiger partial charge in [-0.2, -0.15) is 0 Å². The van der Waals surface area contributed by atoms with Crippen molar-refractivity contribution in [3.63, 3.8) is 0 Å². The molecule has 0 spiro atoms. The molecule has 3 rings (SSSR count). The summed E-state index contributed by atoms with van der Waals surface area (Å²) >= 11 is 0. The minimum atomic E-state index is 0.686. The van der Waals surface area contributed by atoms with Crippen LogP contribution in [0.15, 0.2) is 30.3 Å². The summed E-state index contributed by atoms with van der Waals surface area (Å²) in [6, 6.07) is 12.4. The van der Waals surface area contributed by atoms with Crippen LogP contribution in [-0.4, -0.2) is 36.6 Å². The van der Waals surface area contributed by atoms with Crippen LogP contribution in [0.5, 0.6) is 0 Å². The van der Waals surface area contributed by atoms with Gasteiger partial charge in [-0.3, -0.25) is 4.90 Å². The lowest BCUT2D eigenvalue weighted by Crippen LogP contribution is -2.57. The highest BCUT2D eigenvalue weighted by Crippen LogP contribution is 2.31. The van der Waals surface area contributed by atoms with Gasteiger partial charge in [0, 0.05) is 31.7 Å². The lowest BCUT2D eigenvalue weighted by molar-refractivity contribution is 0.120. The van der Waals surface area contributed by atoms with E-state index >= 15 is 0 Å². The second-order valence-corrected chi connectivity index (χ2v) is 6.63. The topological polar surface area (TPSA) is 15.3 Å². The Hall–Kier alpha value is -0.860.